The van der Waals surface area contributed by atoms with Crippen molar-refractivity contribution in [1.82, 2.24) is 0 Å². The van der Waals surface area contributed by atoms with Gasteiger partial charge in [-0.2, -0.15) is 0 Å². The first kappa shape index (κ1) is 26.6. The number of hydrogen-bond donors (Lipinski definition) is 0. The van der Waals surface area contributed by atoms with Crippen molar-refractivity contribution in [2.24, 2.45) is 52.3 Å². The first-order valence-corrected chi connectivity index (χ1v) is 15.3. The smallest absolute Gasteiger partial charge is 0.0249 e. The van der Waals surface area contributed by atoms with Gasteiger partial charge in [-0.05, 0) is 71.5 Å². The zero-order valence-corrected chi connectivity index (χ0v) is 23.4. The molecule has 0 saturated heterocycles. The van der Waals surface area contributed by atoms with E-state index in [-0.39, 0.29) is 0 Å². The highest BCUT2D eigenvalue weighted by molar-refractivity contribution is 5.06. The van der Waals surface area contributed by atoms with Crippen molar-refractivity contribution < 1.29 is 0 Å². The van der Waals surface area contributed by atoms with Crippen molar-refractivity contribution in [2.75, 3.05) is 0 Å². The molecule has 0 aliphatic heterocycles. The molecule has 3 fully saturated rings. The van der Waals surface area contributed by atoms with Crippen molar-refractivity contribution in [2.45, 2.75) is 151 Å². The Labute approximate surface area is 203 Å². The lowest BCUT2D eigenvalue weighted by molar-refractivity contribution is 0.0576. The third-order valence-corrected chi connectivity index (χ3v) is 11.3. The van der Waals surface area contributed by atoms with E-state index in [1.165, 1.54) is 103 Å². The van der Waals surface area contributed by atoms with Crippen LogP contribution in [0.3, 0.4) is 0 Å². The normalized spacial score (nSPS) is 29.3. The van der Waals surface area contributed by atoms with E-state index in [1.54, 1.807) is 0 Å². The van der Waals surface area contributed by atoms with E-state index in [9.17, 15) is 0 Å². The van der Waals surface area contributed by atoms with Crippen LogP contribution < -0.4 is 0 Å². The quantitative estimate of drug-likeness (QED) is 0.184. The summed E-state index contributed by atoms with van der Waals surface area (Å²) < 4.78 is 0. The zero-order valence-electron chi connectivity index (χ0n) is 23.4. The largest absolute Gasteiger partial charge is 0.0651 e. The van der Waals surface area contributed by atoms with Crippen LogP contribution in [0.1, 0.15) is 151 Å². The maximum absolute atomic E-state index is 2.62. The van der Waals surface area contributed by atoms with E-state index in [0.717, 1.165) is 41.4 Å². The summed E-state index contributed by atoms with van der Waals surface area (Å²) in [4.78, 5) is 0. The summed E-state index contributed by atoms with van der Waals surface area (Å²) in [6.07, 6.45) is 23.8. The van der Waals surface area contributed by atoms with Crippen LogP contribution in [0, 0.1) is 52.3 Å². The van der Waals surface area contributed by atoms with Crippen LogP contribution in [0.5, 0.6) is 0 Å². The average Bonchev–Trinajstić information content (AvgIpc) is 3.65. The summed E-state index contributed by atoms with van der Waals surface area (Å²) >= 11 is 0. The van der Waals surface area contributed by atoms with E-state index in [4.69, 9.17) is 0 Å². The molecule has 0 aromatic rings. The van der Waals surface area contributed by atoms with Gasteiger partial charge >= 0.3 is 0 Å². The first-order chi connectivity index (χ1) is 15.3. The molecule has 3 rings (SSSR count). The van der Waals surface area contributed by atoms with Gasteiger partial charge in [0.1, 0.15) is 0 Å². The monoisotopic (exact) mass is 444 g/mol. The molecule has 6 atom stereocenters. The predicted molar refractivity (Wildman–Crippen MR) is 143 cm³/mol. The van der Waals surface area contributed by atoms with Gasteiger partial charge in [-0.25, -0.2) is 0 Å². The first-order valence-electron chi connectivity index (χ1n) is 15.3. The van der Waals surface area contributed by atoms with Crippen LogP contribution in [0.15, 0.2) is 0 Å². The zero-order chi connectivity index (χ0) is 23.4. The third-order valence-electron chi connectivity index (χ3n) is 11.3. The minimum absolute atomic E-state index is 0.594. The van der Waals surface area contributed by atoms with Gasteiger partial charge in [-0.15, -0.1) is 0 Å². The van der Waals surface area contributed by atoms with Crippen LogP contribution in [0.4, 0.5) is 0 Å². The molecule has 3 aliphatic rings. The molecular formula is C32H60. The number of hydrogen-bond acceptors (Lipinski definition) is 0. The molecule has 0 aromatic carbocycles. The molecule has 0 amide bonds. The lowest BCUT2D eigenvalue weighted by Crippen LogP contribution is -2.35. The van der Waals surface area contributed by atoms with E-state index >= 15 is 0 Å². The molecule has 0 spiro atoms. The summed E-state index contributed by atoms with van der Waals surface area (Å²) in [6.45, 7) is 17.9. The molecule has 0 heteroatoms. The molecule has 0 nitrogen and oxygen atoms in total. The molecule has 0 aromatic heterocycles. The van der Waals surface area contributed by atoms with Crippen molar-refractivity contribution >= 4 is 0 Å². The minimum atomic E-state index is 0.594. The van der Waals surface area contributed by atoms with Crippen molar-refractivity contribution in [1.29, 1.82) is 0 Å². The molecule has 0 heterocycles. The fourth-order valence-electron chi connectivity index (χ4n) is 8.23. The van der Waals surface area contributed by atoms with Gasteiger partial charge < -0.3 is 0 Å². The summed E-state index contributed by atoms with van der Waals surface area (Å²) in [5.41, 5.74) is 1.23. The van der Waals surface area contributed by atoms with Crippen LogP contribution in [0.2, 0.25) is 0 Å². The molecule has 188 valence electrons. The van der Waals surface area contributed by atoms with Gasteiger partial charge in [0.05, 0.1) is 0 Å². The highest BCUT2D eigenvalue weighted by Crippen LogP contribution is 2.65. The predicted octanol–water partition coefficient (Wildman–Crippen LogP) is 10.7. The second-order valence-corrected chi connectivity index (χ2v) is 13.7. The Bertz CT molecular complexity index is 538. The fourth-order valence-corrected chi connectivity index (χ4v) is 8.23. The Morgan fingerprint density at radius 3 is 1.97 bits per heavy atom. The van der Waals surface area contributed by atoms with E-state index < -0.39 is 0 Å². The Balaban J connectivity index is 1.39. The van der Waals surface area contributed by atoms with Gasteiger partial charge in [0.25, 0.3) is 0 Å². The van der Waals surface area contributed by atoms with E-state index in [1.807, 2.05) is 0 Å². The maximum atomic E-state index is 2.62. The molecule has 32 heavy (non-hydrogen) atoms. The Kier molecular flexibility index (Phi) is 9.66. The number of rotatable bonds is 18. The second-order valence-electron chi connectivity index (χ2n) is 13.7. The second kappa shape index (κ2) is 11.6. The SMILES string of the molecule is CCC(C)C(CC)(CCCCC1CC1)C(C)CCCCC(C)C1C(CCC2CC2)C1(C)C. The average molecular weight is 445 g/mol. The topological polar surface area (TPSA) is 0 Å². The highest BCUT2D eigenvalue weighted by atomic mass is 14.6. The van der Waals surface area contributed by atoms with E-state index in [0.29, 0.717) is 10.8 Å². The van der Waals surface area contributed by atoms with Crippen LogP contribution >= 0.6 is 0 Å². The van der Waals surface area contributed by atoms with Gasteiger partial charge in [-0.1, -0.05) is 132 Å². The molecule has 3 saturated carbocycles. The summed E-state index contributed by atoms with van der Waals surface area (Å²) in [5, 5.41) is 0. The number of unbranched alkanes of at least 4 members (excludes halogenated alkanes) is 2. The van der Waals surface area contributed by atoms with Gasteiger partial charge in [0.15, 0.2) is 0 Å². The fraction of sp³-hybridized carbons (Fsp3) is 1.00. The van der Waals surface area contributed by atoms with Gasteiger partial charge in [-0.3, -0.25) is 0 Å². The van der Waals surface area contributed by atoms with Crippen LogP contribution in [-0.2, 0) is 0 Å². The Hall–Kier alpha value is 0. The summed E-state index contributed by atoms with van der Waals surface area (Å²) in [7, 11) is 0. The Morgan fingerprint density at radius 2 is 1.38 bits per heavy atom. The van der Waals surface area contributed by atoms with Gasteiger partial charge in [0.2, 0.25) is 0 Å². The highest BCUT2D eigenvalue weighted by Gasteiger charge is 2.58. The molecule has 6 unspecified atom stereocenters. The summed E-state index contributed by atoms with van der Waals surface area (Å²) in [5.74, 6) is 6.98. The standard InChI is InChI=1S/C32H60/c1-8-25(4)32(9-2,23-13-12-16-27-17-18-27)26(5)15-11-10-14-24(3)30-29(31(30,6)7)22-21-28-19-20-28/h24-30H,8-23H2,1-7H3. The molecule has 0 radical (unpaired) electrons. The maximum Gasteiger partial charge on any atom is -0.0249 e. The van der Waals surface area contributed by atoms with Gasteiger partial charge in [0, 0.05) is 0 Å². The lowest BCUT2D eigenvalue weighted by Gasteiger charge is -2.44. The molecule has 3 aliphatic carbocycles. The lowest BCUT2D eigenvalue weighted by atomic mass is 9.61. The molecule has 0 bridgehead atoms. The van der Waals surface area contributed by atoms with Crippen LogP contribution in [-0.4, -0.2) is 0 Å². The third kappa shape index (κ3) is 6.78. The van der Waals surface area contributed by atoms with E-state index in [2.05, 4.69) is 48.5 Å². The summed E-state index contributed by atoms with van der Waals surface area (Å²) in [6, 6.07) is 0. The Morgan fingerprint density at radius 1 is 0.750 bits per heavy atom. The molecular weight excluding hydrogens is 384 g/mol. The minimum Gasteiger partial charge on any atom is -0.0651 e. The van der Waals surface area contributed by atoms with Crippen molar-refractivity contribution in [3.63, 3.8) is 0 Å². The van der Waals surface area contributed by atoms with Crippen molar-refractivity contribution in [3.8, 4) is 0 Å². The van der Waals surface area contributed by atoms with Crippen molar-refractivity contribution in [3.05, 3.63) is 0 Å². The van der Waals surface area contributed by atoms with Crippen LogP contribution in [0.25, 0.3) is 0 Å². The molecule has 0 N–H and O–H groups in total.